The van der Waals surface area contributed by atoms with E-state index in [-0.39, 0.29) is 0 Å². The Balaban J connectivity index is 1.05. The molecule has 34 heavy (non-hydrogen) atoms. The molecule has 0 saturated carbocycles. The first-order chi connectivity index (χ1) is 16.8. The van der Waals surface area contributed by atoms with Gasteiger partial charge in [-0.25, -0.2) is 0 Å². The smallest absolute Gasteiger partial charge is 0.0589 e. The molecule has 2 aromatic rings. The van der Waals surface area contributed by atoms with Gasteiger partial charge in [0, 0.05) is 77.7 Å². The predicted molar refractivity (Wildman–Crippen MR) is 142 cm³/mol. The Morgan fingerprint density at radius 1 is 0.882 bits per heavy atom. The number of hydrogen-bond donors (Lipinski definition) is 1. The van der Waals surface area contributed by atoms with Gasteiger partial charge < -0.3 is 15.0 Å². The third-order valence-electron chi connectivity index (χ3n) is 7.78. The molecule has 0 unspecified atom stereocenters. The van der Waals surface area contributed by atoms with Crippen LogP contribution < -0.4 is 10.2 Å². The third-order valence-corrected chi connectivity index (χ3v) is 7.78. The first-order valence-electron chi connectivity index (χ1n) is 13.1. The summed E-state index contributed by atoms with van der Waals surface area (Å²) >= 11 is 0. The van der Waals surface area contributed by atoms with E-state index in [0.717, 1.165) is 45.8 Å². The third kappa shape index (κ3) is 5.89. The van der Waals surface area contributed by atoms with Crippen molar-refractivity contribution >= 4 is 17.3 Å². The van der Waals surface area contributed by atoms with E-state index in [1.165, 1.54) is 67.0 Å². The number of piperidine rings is 1. The van der Waals surface area contributed by atoms with Gasteiger partial charge in [0.2, 0.25) is 0 Å². The Morgan fingerprint density at radius 3 is 2.41 bits per heavy atom. The van der Waals surface area contributed by atoms with E-state index in [2.05, 4.69) is 74.6 Å². The van der Waals surface area contributed by atoms with Crippen LogP contribution in [-0.4, -0.2) is 88.5 Å². The Kier molecular flexibility index (Phi) is 7.97. The average Bonchev–Trinajstić information content (AvgIpc) is 3.33. The summed E-state index contributed by atoms with van der Waals surface area (Å²) in [4.78, 5) is 7.69. The summed E-state index contributed by atoms with van der Waals surface area (Å²) in [5.41, 5.74) is 7.01. The zero-order valence-corrected chi connectivity index (χ0v) is 20.7. The number of ether oxygens (including phenoxy) is 1. The van der Waals surface area contributed by atoms with Crippen molar-refractivity contribution in [3.05, 3.63) is 65.2 Å². The summed E-state index contributed by atoms with van der Waals surface area (Å²) in [6.07, 6.45) is 5.87. The predicted octanol–water partition coefficient (Wildman–Crippen LogP) is 3.61. The van der Waals surface area contributed by atoms with Gasteiger partial charge in [0.25, 0.3) is 0 Å². The minimum absolute atomic E-state index is 0.648. The van der Waals surface area contributed by atoms with Crippen LogP contribution in [0.2, 0.25) is 0 Å². The molecule has 3 aliphatic rings. The fourth-order valence-corrected chi connectivity index (χ4v) is 5.59. The quantitative estimate of drug-likeness (QED) is 0.618. The number of rotatable bonds is 9. The van der Waals surface area contributed by atoms with Crippen molar-refractivity contribution in [2.24, 2.45) is 0 Å². The number of benzene rings is 2. The van der Waals surface area contributed by atoms with Gasteiger partial charge in [-0.3, -0.25) is 9.80 Å². The molecule has 0 bridgehead atoms. The highest BCUT2D eigenvalue weighted by molar-refractivity contribution is 5.89. The van der Waals surface area contributed by atoms with Gasteiger partial charge in [-0.15, -0.1) is 0 Å². The highest BCUT2D eigenvalue weighted by atomic mass is 16.5. The molecule has 0 radical (unpaired) electrons. The molecular weight excluding hydrogens is 420 g/mol. The van der Waals surface area contributed by atoms with Crippen LogP contribution >= 0.6 is 0 Å². The maximum atomic E-state index is 5.21. The molecule has 0 atom stereocenters. The number of fused-ring (bicyclic) bond motifs is 1. The number of anilines is 1. The zero-order valence-electron chi connectivity index (χ0n) is 20.7. The number of allylic oxidation sites excluding steroid dienone is 1. The van der Waals surface area contributed by atoms with Crippen LogP contribution in [0.15, 0.2) is 48.5 Å². The molecule has 2 fully saturated rings. The molecule has 5 nitrogen and oxygen atoms in total. The normalized spacial score (nSPS) is 19.9. The maximum absolute atomic E-state index is 5.21. The molecule has 182 valence electrons. The summed E-state index contributed by atoms with van der Waals surface area (Å²) < 4.78 is 5.21. The van der Waals surface area contributed by atoms with Gasteiger partial charge in [0.15, 0.2) is 0 Å². The van der Waals surface area contributed by atoms with E-state index in [1.807, 2.05) is 0 Å². The lowest BCUT2D eigenvalue weighted by atomic mass is 10.0. The summed E-state index contributed by atoms with van der Waals surface area (Å²) in [5, 5.41) is 3.84. The minimum atomic E-state index is 0.648. The zero-order chi connectivity index (χ0) is 23.2. The summed E-state index contributed by atoms with van der Waals surface area (Å²) in [6, 6.07) is 18.6. The van der Waals surface area contributed by atoms with Crippen molar-refractivity contribution in [2.75, 3.05) is 77.5 Å². The van der Waals surface area contributed by atoms with Crippen LogP contribution in [0.3, 0.4) is 0 Å². The van der Waals surface area contributed by atoms with Crippen LogP contribution in [0, 0.1) is 0 Å². The van der Waals surface area contributed by atoms with E-state index in [9.17, 15) is 0 Å². The SMILES string of the molecule is COCCN1CCN(CCNC2CCN(c3cccc(C4=Cc5ccccc5C4)c3)CC2)CC1. The second kappa shape index (κ2) is 11.5. The van der Waals surface area contributed by atoms with E-state index in [1.54, 1.807) is 7.11 Å². The van der Waals surface area contributed by atoms with E-state index >= 15 is 0 Å². The molecular formula is C29H40N4O. The summed E-state index contributed by atoms with van der Waals surface area (Å²) in [7, 11) is 1.79. The molecule has 2 aromatic carbocycles. The van der Waals surface area contributed by atoms with Crippen LogP contribution in [0.25, 0.3) is 11.6 Å². The molecule has 1 N–H and O–H groups in total. The van der Waals surface area contributed by atoms with Crippen LogP contribution in [-0.2, 0) is 11.2 Å². The fourth-order valence-electron chi connectivity index (χ4n) is 5.59. The Labute approximate surface area is 205 Å². The topological polar surface area (TPSA) is 31.0 Å². The van der Waals surface area contributed by atoms with Crippen LogP contribution in [0.1, 0.15) is 29.5 Å². The molecule has 5 heteroatoms. The van der Waals surface area contributed by atoms with Gasteiger partial charge in [-0.2, -0.15) is 0 Å². The number of nitrogens with one attached hydrogen (secondary N) is 1. The second-order valence-corrected chi connectivity index (χ2v) is 9.99. The highest BCUT2D eigenvalue weighted by Gasteiger charge is 2.21. The first-order valence-corrected chi connectivity index (χ1v) is 13.1. The summed E-state index contributed by atoms with van der Waals surface area (Å²) in [6.45, 7) is 11.2. The van der Waals surface area contributed by atoms with E-state index in [4.69, 9.17) is 4.74 Å². The molecule has 2 heterocycles. The lowest BCUT2D eigenvalue weighted by Crippen LogP contribution is -2.50. The lowest BCUT2D eigenvalue weighted by Gasteiger charge is -2.36. The van der Waals surface area contributed by atoms with Gasteiger partial charge >= 0.3 is 0 Å². The first kappa shape index (κ1) is 23.6. The number of hydrogen-bond acceptors (Lipinski definition) is 5. The van der Waals surface area contributed by atoms with Crippen LogP contribution in [0.4, 0.5) is 5.69 Å². The molecule has 2 saturated heterocycles. The second-order valence-electron chi connectivity index (χ2n) is 9.99. The largest absolute Gasteiger partial charge is 0.383 e. The average molecular weight is 461 g/mol. The number of nitrogens with zero attached hydrogens (tertiary/aromatic N) is 3. The van der Waals surface area contributed by atoms with Gasteiger partial charge in [0.1, 0.15) is 0 Å². The van der Waals surface area contributed by atoms with E-state index in [0.29, 0.717) is 6.04 Å². The Morgan fingerprint density at radius 2 is 1.65 bits per heavy atom. The number of piperazine rings is 1. The Bertz CT molecular complexity index is 958. The maximum Gasteiger partial charge on any atom is 0.0589 e. The molecule has 0 amide bonds. The van der Waals surface area contributed by atoms with Gasteiger partial charge in [-0.1, -0.05) is 42.5 Å². The van der Waals surface area contributed by atoms with Crippen molar-refractivity contribution in [3.8, 4) is 0 Å². The standard InChI is InChI=1S/C29H40N4O/c1-34-20-19-32-17-15-31(16-18-32)14-11-30-28-9-12-33(13-10-28)29-8-4-7-26(23-29)27-21-24-5-2-3-6-25(24)22-27/h2-8,21,23,28,30H,9-20,22H2,1H3. The molecule has 5 rings (SSSR count). The van der Waals surface area contributed by atoms with Crippen molar-refractivity contribution in [3.63, 3.8) is 0 Å². The minimum Gasteiger partial charge on any atom is -0.383 e. The summed E-state index contributed by atoms with van der Waals surface area (Å²) in [5.74, 6) is 0. The molecule has 0 spiro atoms. The monoisotopic (exact) mass is 460 g/mol. The molecule has 2 aliphatic heterocycles. The van der Waals surface area contributed by atoms with Gasteiger partial charge in [0.05, 0.1) is 6.61 Å². The Hall–Kier alpha value is -2.18. The van der Waals surface area contributed by atoms with Crippen LogP contribution in [0.5, 0.6) is 0 Å². The fraction of sp³-hybridized carbons (Fsp3) is 0.517. The van der Waals surface area contributed by atoms with Crippen molar-refractivity contribution in [1.82, 2.24) is 15.1 Å². The van der Waals surface area contributed by atoms with Crippen molar-refractivity contribution < 1.29 is 4.74 Å². The van der Waals surface area contributed by atoms with Gasteiger partial charge in [-0.05, 0) is 53.7 Å². The highest BCUT2D eigenvalue weighted by Crippen LogP contribution is 2.33. The van der Waals surface area contributed by atoms with Crippen molar-refractivity contribution in [2.45, 2.75) is 25.3 Å². The lowest BCUT2D eigenvalue weighted by molar-refractivity contribution is 0.0968. The molecule has 0 aromatic heterocycles. The molecule has 1 aliphatic carbocycles. The number of methoxy groups -OCH3 is 1. The van der Waals surface area contributed by atoms with E-state index < -0.39 is 0 Å². The van der Waals surface area contributed by atoms with Crippen molar-refractivity contribution in [1.29, 1.82) is 0 Å².